The van der Waals surface area contributed by atoms with E-state index < -0.39 is 0 Å². The molecule has 0 unspecified atom stereocenters. The lowest BCUT2D eigenvalue weighted by atomic mass is 10.2. The van der Waals surface area contributed by atoms with Gasteiger partial charge in [-0.15, -0.1) is 0 Å². The number of H-pyrrole nitrogens is 1. The van der Waals surface area contributed by atoms with Crippen LogP contribution in [0.15, 0.2) is 10.2 Å². The molecule has 3 nitrogen and oxygen atoms in total. The zero-order chi connectivity index (χ0) is 7.56. The maximum Gasteiger partial charge on any atom is 0.268 e. The fourth-order valence-corrected chi connectivity index (χ4v) is 1.27. The number of rotatable bonds is 2. The molecule has 0 amide bonds. The molecule has 0 aliphatic carbocycles. The Bertz CT molecular complexity index is 286. The van der Waals surface area contributed by atoms with Gasteiger partial charge in [0.25, 0.3) is 5.56 Å². The smallest absolute Gasteiger partial charge is 0.268 e. The lowest BCUT2D eigenvalue weighted by molar-refractivity contribution is 0.0987. The Labute approximate surface area is 61.9 Å². The number of Topliss-reactive ketones (excluding diaryl/α,β-unsaturated/α-hetero) is 1. The van der Waals surface area contributed by atoms with Crippen LogP contribution in [0.4, 0.5) is 0 Å². The fraction of sp³-hybridized carbons (Fsp3) is 0.333. The summed E-state index contributed by atoms with van der Waals surface area (Å²) < 4.78 is 2.45. The molecule has 10 heavy (non-hydrogen) atoms. The second kappa shape index (κ2) is 2.79. The van der Waals surface area contributed by atoms with E-state index in [1.165, 1.54) is 0 Å². The quantitative estimate of drug-likeness (QED) is 0.652. The number of carbonyl (C=O) groups is 1. The molecule has 0 radical (unpaired) electrons. The molecule has 54 valence electrons. The van der Waals surface area contributed by atoms with Crippen molar-refractivity contribution < 1.29 is 4.79 Å². The standard InChI is InChI=1S/C6H7NO2S/c1-2-5(8)4-3-10-7-6(4)9/h3H,2H2,1H3,(H,7,9). The molecule has 0 atom stereocenters. The van der Waals surface area contributed by atoms with Crippen LogP contribution in [0.1, 0.15) is 23.7 Å². The van der Waals surface area contributed by atoms with Gasteiger partial charge in [-0.2, -0.15) is 0 Å². The lowest BCUT2D eigenvalue weighted by Crippen LogP contribution is -2.10. The molecule has 0 aliphatic rings. The van der Waals surface area contributed by atoms with Crippen LogP contribution in [0.3, 0.4) is 0 Å². The molecular weight excluding hydrogens is 150 g/mol. The molecule has 1 N–H and O–H groups in total. The summed E-state index contributed by atoms with van der Waals surface area (Å²) in [5.41, 5.74) is 0.0179. The Morgan fingerprint density at radius 2 is 2.50 bits per heavy atom. The van der Waals surface area contributed by atoms with Crippen molar-refractivity contribution >= 4 is 17.3 Å². The number of aromatic amines is 1. The number of hydrogen-bond donors (Lipinski definition) is 1. The van der Waals surface area contributed by atoms with Crippen molar-refractivity contribution in [1.29, 1.82) is 0 Å². The Hall–Kier alpha value is -0.900. The zero-order valence-electron chi connectivity index (χ0n) is 5.51. The van der Waals surface area contributed by atoms with E-state index in [0.717, 1.165) is 11.5 Å². The highest BCUT2D eigenvalue weighted by Crippen LogP contribution is 1.98. The van der Waals surface area contributed by atoms with E-state index in [9.17, 15) is 9.59 Å². The average Bonchev–Trinajstić information content (AvgIpc) is 2.34. The summed E-state index contributed by atoms with van der Waals surface area (Å²) in [6, 6.07) is 0. The van der Waals surface area contributed by atoms with Gasteiger partial charge in [-0.1, -0.05) is 18.5 Å². The summed E-state index contributed by atoms with van der Waals surface area (Å²) in [6.45, 7) is 1.74. The molecule has 0 spiro atoms. The minimum atomic E-state index is -0.267. The molecule has 0 aromatic carbocycles. The van der Waals surface area contributed by atoms with E-state index >= 15 is 0 Å². The summed E-state index contributed by atoms with van der Waals surface area (Å²) in [5.74, 6) is -0.0949. The monoisotopic (exact) mass is 157 g/mol. The predicted octanol–water partition coefficient (Wildman–Crippen LogP) is 1.03. The van der Waals surface area contributed by atoms with E-state index in [-0.39, 0.29) is 16.9 Å². The highest BCUT2D eigenvalue weighted by Gasteiger charge is 2.07. The second-order valence-electron chi connectivity index (χ2n) is 1.86. The summed E-state index contributed by atoms with van der Waals surface area (Å²) in [4.78, 5) is 21.6. The second-order valence-corrected chi connectivity index (χ2v) is 2.53. The molecule has 1 aromatic rings. The van der Waals surface area contributed by atoms with Crippen LogP contribution < -0.4 is 5.56 Å². The molecule has 0 saturated carbocycles. The number of carbonyl (C=O) groups excluding carboxylic acids is 1. The largest absolute Gasteiger partial charge is 0.294 e. The Kier molecular flexibility index (Phi) is 2.01. The Balaban J connectivity index is 3.05. The van der Waals surface area contributed by atoms with E-state index in [1.807, 2.05) is 0 Å². The SMILES string of the molecule is CCC(=O)c1cs[nH]c1=O. The highest BCUT2D eigenvalue weighted by atomic mass is 32.1. The van der Waals surface area contributed by atoms with Crippen molar-refractivity contribution in [2.24, 2.45) is 0 Å². The van der Waals surface area contributed by atoms with Crippen molar-refractivity contribution in [1.82, 2.24) is 4.37 Å². The number of hydrogen-bond acceptors (Lipinski definition) is 3. The molecule has 0 fully saturated rings. The molecular formula is C6H7NO2S. The molecule has 0 bridgehead atoms. The molecule has 1 aromatic heterocycles. The maximum absolute atomic E-state index is 10.9. The van der Waals surface area contributed by atoms with Crippen molar-refractivity contribution in [2.75, 3.05) is 0 Å². The number of aromatic nitrogens is 1. The van der Waals surface area contributed by atoms with E-state index in [0.29, 0.717) is 6.42 Å². The third-order valence-electron chi connectivity index (χ3n) is 1.19. The van der Waals surface area contributed by atoms with Crippen LogP contribution >= 0.6 is 11.5 Å². The first-order valence-corrected chi connectivity index (χ1v) is 3.83. The maximum atomic E-state index is 10.9. The Morgan fingerprint density at radius 1 is 1.80 bits per heavy atom. The topological polar surface area (TPSA) is 49.9 Å². The molecule has 4 heteroatoms. The van der Waals surface area contributed by atoms with Gasteiger partial charge < -0.3 is 0 Å². The fourth-order valence-electron chi connectivity index (χ4n) is 0.633. The third-order valence-corrected chi connectivity index (χ3v) is 1.85. The van der Waals surface area contributed by atoms with Crippen molar-refractivity contribution in [2.45, 2.75) is 13.3 Å². The van der Waals surface area contributed by atoms with Gasteiger partial charge in [0.05, 0.1) is 5.56 Å². The normalized spacial score (nSPS) is 9.70. The molecule has 1 heterocycles. The molecule has 1 rings (SSSR count). The van der Waals surface area contributed by atoms with Gasteiger partial charge in [-0.3, -0.25) is 14.0 Å². The Morgan fingerprint density at radius 3 is 2.90 bits per heavy atom. The lowest BCUT2D eigenvalue weighted by Gasteiger charge is -1.84. The first kappa shape index (κ1) is 7.21. The third kappa shape index (κ3) is 1.16. The van der Waals surface area contributed by atoms with E-state index in [2.05, 4.69) is 4.37 Å². The molecule has 0 saturated heterocycles. The van der Waals surface area contributed by atoms with Crippen LogP contribution in [0.5, 0.6) is 0 Å². The van der Waals surface area contributed by atoms with Gasteiger partial charge in [0.1, 0.15) is 0 Å². The van der Waals surface area contributed by atoms with Crippen LogP contribution in [0.2, 0.25) is 0 Å². The van der Waals surface area contributed by atoms with Gasteiger partial charge in [-0.05, 0) is 0 Å². The van der Waals surface area contributed by atoms with Gasteiger partial charge in [0, 0.05) is 11.8 Å². The summed E-state index contributed by atoms with van der Waals surface area (Å²) in [7, 11) is 0. The first-order valence-electron chi connectivity index (χ1n) is 2.95. The highest BCUT2D eigenvalue weighted by molar-refractivity contribution is 7.03. The average molecular weight is 157 g/mol. The van der Waals surface area contributed by atoms with Crippen molar-refractivity contribution in [3.05, 3.63) is 21.3 Å². The van der Waals surface area contributed by atoms with Crippen molar-refractivity contribution in [3.8, 4) is 0 Å². The van der Waals surface area contributed by atoms with Crippen molar-refractivity contribution in [3.63, 3.8) is 0 Å². The molecule has 0 aliphatic heterocycles. The van der Waals surface area contributed by atoms with Crippen LogP contribution in [0, 0.1) is 0 Å². The van der Waals surface area contributed by atoms with Gasteiger partial charge in [0.15, 0.2) is 5.78 Å². The van der Waals surface area contributed by atoms with Gasteiger partial charge in [0.2, 0.25) is 0 Å². The van der Waals surface area contributed by atoms with Gasteiger partial charge in [-0.25, -0.2) is 0 Å². The predicted molar refractivity (Wildman–Crippen MR) is 39.6 cm³/mol. The van der Waals surface area contributed by atoms with Gasteiger partial charge >= 0.3 is 0 Å². The first-order chi connectivity index (χ1) is 4.75. The minimum Gasteiger partial charge on any atom is -0.294 e. The van der Waals surface area contributed by atoms with E-state index in [1.54, 1.807) is 12.3 Å². The summed E-state index contributed by atoms with van der Waals surface area (Å²) in [6.07, 6.45) is 0.389. The number of nitrogens with one attached hydrogen (secondary N) is 1. The van der Waals surface area contributed by atoms with E-state index in [4.69, 9.17) is 0 Å². The number of ketones is 1. The summed E-state index contributed by atoms with van der Waals surface area (Å²) >= 11 is 1.15. The zero-order valence-corrected chi connectivity index (χ0v) is 6.33. The van der Waals surface area contributed by atoms with Crippen LogP contribution in [-0.2, 0) is 0 Å². The van der Waals surface area contributed by atoms with Crippen LogP contribution in [0.25, 0.3) is 0 Å². The van der Waals surface area contributed by atoms with Crippen LogP contribution in [-0.4, -0.2) is 10.2 Å². The minimum absolute atomic E-state index is 0.0949. The summed E-state index contributed by atoms with van der Waals surface area (Å²) in [5, 5.41) is 1.55.